The van der Waals surface area contributed by atoms with E-state index in [1.165, 1.54) is 17.8 Å². The number of carbonyl (C=O) groups excluding carboxylic acids is 2. The number of hydrogen-bond donors (Lipinski definition) is 1. The van der Waals surface area contributed by atoms with Gasteiger partial charge in [0.25, 0.3) is 0 Å². The van der Waals surface area contributed by atoms with Crippen LogP contribution in [0.5, 0.6) is 0 Å². The number of rotatable bonds is 8. The van der Waals surface area contributed by atoms with Gasteiger partial charge in [-0.05, 0) is 31.9 Å². The molecule has 0 bridgehead atoms. The molecule has 0 heterocycles. The van der Waals surface area contributed by atoms with Crippen LogP contribution >= 0.6 is 23.4 Å². The molecule has 0 aliphatic carbocycles. The molecule has 0 saturated heterocycles. The van der Waals surface area contributed by atoms with Crippen LogP contribution in [0.15, 0.2) is 17.0 Å². The maximum atomic E-state index is 14.2. The Morgan fingerprint density at radius 3 is 2.48 bits per heavy atom. The predicted octanol–water partition coefficient (Wildman–Crippen LogP) is 5.29. The van der Waals surface area contributed by atoms with Gasteiger partial charge in [0, 0.05) is 10.3 Å². The standard InChI is InChI=1S/C18H25ClFNO3S/c1-6-14(16(22)24-8-3)25-15-10-13(12(20)9-11(15)19)21-17(23)18(4,5)7-2/h9-10,14H,6-8H2,1-5H3,(H,21,23). The van der Waals surface area contributed by atoms with Crippen molar-refractivity contribution < 1.29 is 18.7 Å². The third-order valence-electron chi connectivity index (χ3n) is 3.96. The summed E-state index contributed by atoms with van der Waals surface area (Å²) < 4.78 is 19.2. The number of carbonyl (C=O) groups is 2. The zero-order valence-electron chi connectivity index (χ0n) is 15.2. The van der Waals surface area contributed by atoms with Crippen molar-refractivity contribution in [2.45, 2.75) is 57.6 Å². The first kappa shape index (κ1) is 21.8. The fraction of sp³-hybridized carbons (Fsp3) is 0.556. The molecule has 0 aliphatic rings. The average molecular weight is 390 g/mol. The van der Waals surface area contributed by atoms with E-state index in [1.54, 1.807) is 20.8 Å². The SMILES string of the molecule is CCOC(=O)C(CC)Sc1cc(NC(=O)C(C)(C)CC)c(F)cc1Cl. The molecule has 7 heteroatoms. The molecule has 1 N–H and O–H groups in total. The Bertz CT molecular complexity index is 637. The van der Waals surface area contributed by atoms with Gasteiger partial charge in [-0.25, -0.2) is 4.39 Å². The van der Waals surface area contributed by atoms with Crippen LogP contribution in [-0.4, -0.2) is 23.7 Å². The molecule has 0 saturated carbocycles. The van der Waals surface area contributed by atoms with Crippen LogP contribution < -0.4 is 5.32 Å². The Kier molecular flexibility index (Phi) is 8.22. The van der Waals surface area contributed by atoms with Gasteiger partial charge >= 0.3 is 5.97 Å². The Balaban J connectivity index is 3.06. The monoisotopic (exact) mass is 389 g/mol. The molecular formula is C18H25ClFNO3S. The molecule has 0 aromatic heterocycles. The van der Waals surface area contributed by atoms with Crippen molar-refractivity contribution in [3.05, 3.63) is 23.0 Å². The summed E-state index contributed by atoms with van der Waals surface area (Å²) in [6.07, 6.45) is 1.16. The molecule has 0 radical (unpaired) electrons. The third kappa shape index (κ3) is 5.89. The van der Waals surface area contributed by atoms with Crippen LogP contribution in [0.25, 0.3) is 0 Å². The minimum atomic E-state index is -0.615. The maximum absolute atomic E-state index is 14.2. The zero-order valence-corrected chi connectivity index (χ0v) is 16.8. The highest BCUT2D eigenvalue weighted by atomic mass is 35.5. The summed E-state index contributed by atoms with van der Waals surface area (Å²) in [5.41, 5.74) is -0.562. The van der Waals surface area contributed by atoms with Crippen LogP contribution in [-0.2, 0) is 14.3 Å². The van der Waals surface area contributed by atoms with E-state index in [0.717, 1.165) is 6.07 Å². The first-order valence-corrected chi connectivity index (χ1v) is 9.55. The fourth-order valence-electron chi connectivity index (χ4n) is 1.85. The number of hydrogen-bond acceptors (Lipinski definition) is 4. The Labute approximate surface area is 157 Å². The number of benzene rings is 1. The first-order valence-electron chi connectivity index (χ1n) is 8.30. The van der Waals surface area contributed by atoms with Crippen LogP contribution in [0.2, 0.25) is 5.02 Å². The highest BCUT2D eigenvalue weighted by Crippen LogP contribution is 2.36. The number of nitrogens with one attached hydrogen (secondary N) is 1. The molecule has 1 aromatic carbocycles. The van der Waals surface area contributed by atoms with Crippen molar-refractivity contribution in [1.82, 2.24) is 0 Å². The van der Waals surface area contributed by atoms with Crippen LogP contribution in [0, 0.1) is 11.2 Å². The van der Waals surface area contributed by atoms with Gasteiger partial charge in [0.05, 0.1) is 17.3 Å². The summed E-state index contributed by atoms with van der Waals surface area (Å²) in [5, 5.41) is 2.36. The number of anilines is 1. The lowest BCUT2D eigenvalue weighted by molar-refractivity contribution is -0.142. The second-order valence-corrected chi connectivity index (χ2v) is 7.87. The lowest BCUT2D eigenvalue weighted by Crippen LogP contribution is -2.30. The highest BCUT2D eigenvalue weighted by molar-refractivity contribution is 8.00. The summed E-state index contributed by atoms with van der Waals surface area (Å²) in [6.45, 7) is 9.37. The zero-order chi connectivity index (χ0) is 19.2. The van der Waals surface area contributed by atoms with E-state index in [-0.39, 0.29) is 22.6 Å². The van der Waals surface area contributed by atoms with E-state index in [9.17, 15) is 14.0 Å². The molecule has 1 unspecified atom stereocenters. The molecule has 4 nitrogen and oxygen atoms in total. The van der Waals surface area contributed by atoms with Gasteiger partial charge in [0.2, 0.25) is 5.91 Å². The summed E-state index contributed by atoms with van der Waals surface area (Å²) in [5.74, 6) is -1.23. The smallest absolute Gasteiger partial charge is 0.319 e. The van der Waals surface area contributed by atoms with E-state index in [0.29, 0.717) is 24.3 Å². The van der Waals surface area contributed by atoms with Gasteiger partial charge in [-0.15, -0.1) is 11.8 Å². The van der Waals surface area contributed by atoms with Crippen molar-refractivity contribution in [1.29, 1.82) is 0 Å². The maximum Gasteiger partial charge on any atom is 0.319 e. The number of ether oxygens (including phenoxy) is 1. The van der Waals surface area contributed by atoms with E-state index in [4.69, 9.17) is 16.3 Å². The third-order valence-corrected chi connectivity index (χ3v) is 5.78. The van der Waals surface area contributed by atoms with Crippen molar-refractivity contribution in [2.24, 2.45) is 5.41 Å². The molecule has 1 atom stereocenters. The summed E-state index contributed by atoms with van der Waals surface area (Å²) in [7, 11) is 0. The van der Waals surface area contributed by atoms with Gasteiger partial charge in [-0.3, -0.25) is 9.59 Å². The lowest BCUT2D eigenvalue weighted by Gasteiger charge is -2.22. The molecule has 0 spiro atoms. The van der Waals surface area contributed by atoms with E-state index in [2.05, 4.69) is 5.32 Å². The van der Waals surface area contributed by atoms with Crippen molar-refractivity contribution in [3.63, 3.8) is 0 Å². The normalized spacial score (nSPS) is 12.6. The largest absolute Gasteiger partial charge is 0.465 e. The minimum Gasteiger partial charge on any atom is -0.465 e. The molecule has 140 valence electrons. The summed E-state index contributed by atoms with van der Waals surface area (Å²) in [6, 6.07) is 2.62. The number of halogens is 2. The van der Waals surface area contributed by atoms with Gasteiger partial charge in [0.15, 0.2) is 0 Å². The molecule has 0 fully saturated rings. The molecule has 0 aliphatic heterocycles. The van der Waals surface area contributed by atoms with Gasteiger partial charge < -0.3 is 10.1 Å². The number of esters is 1. The summed E-state index contributed by atoms with van der Waals surface area (Å²) >= 11 is 7.31. The molecule has 1 amide bonds. The fourth-order valence-corrected chi connectivity index (χ4v) is 3.13. The van der Waals surface area contributed by atoms with Crippen molar-refractivity contribution in [2.75, 3.05) is 11.9 Å². The summed E-state index contributed by atoms with van der Waals surface area (Å²) in [4.78, 5) is 24.8. The molecule has 25 heavy (non-hydrogen) atoms. The van der Waals surface area contributed by atoms with E-state index in [1.807, 2.05) is 13.8 Å². The van der Waals surface area contributed by atoms with Crippen LogP contribution in [0.3, 0.4) is 0 Å². The van der Waals surface area contributed by atoms with Gasteiger partial charge in [0.1, 0.15) is 11.1 Å². The van der Waals surface area contributed by atoms with Crippen LogP contribution in [0.4, 0.5) is 10.1 Å². The van der Waals surface area contributed by atoms with Gasteiger partial charge in [-0.2, -0.15) is 0 Å². The van der Waals surface area contributed by atoms with Crippen molar-refractivity contribution >= 4 is 40.9 Å². The quantitative estimate of drug-likeness (QED) is 0.485. The van der Waals surface area contributed by atoms with Gasteiger partial charge in [-0.1, -0.05) is 39.3 Å². The topological polar surface area (TPSA) is 55.4 Å². The highest BCUT2D eigenvalue weighted by Gasteiger charge is 2.27. The Morgan fingerprint density at radius 1 is 1.32 bits per heavy atom. The number of thioether (sulfide) groups is 1. The van der Waals surface area contributed by atoms with Crippen molar-refractivity contribution in [3.8, 4) is 0 Å². The first-order chi connectivity index (χ1) is 11.7. The Hall–Kier alpha value is -1.27. The molecule has 1 rings (SSSR count). The number of amides is 1. The predicted molar refractivity (Wildman–Crippen MR) is 101 cm³/mol. The lowest BCUT2D eigenvalue weighted by atomic mass is 9.89. The molecular weight excluding hydrogens is 365 g/mol. The minimum absolute atomic E-state index is 0.0529. The molecule has 1 aromatic rings. The average Bonchev–Trinajstić information content (AvgIpc) is 2.56. The van der Waals surface area contributed by atoms with E-state index >= 15 is 0 Å². The van der Waals surface area contributed by atoms with Crippen LogP contribution in [0.1, 0.15) is 47.5 Å². The Morgan fingerprint density at radius 2 is 1.96 bits per heavy atom. The second-order valence-electron chi connectivity index (χ2n) is 6.22. The second kappa shape index (κ2) is 9.43. The van der Waals surface area contributed by atoms with E-state index < -0.39 is 16.5 Å².